The van der Waals surface area contributed by atoms with Gasteiger partial charge in [0.15, 0.2) is 0 Å². The van der Waals surface area contributed by atoms with Crippen molar-refractivity contribution < 1.29 is 16.4 Å². The van der Waals surface area contributed by atoms with E-state index in [1.165, 1.54) is 0 Å². The van der Waals surface area contributed by atoms with Crippen LogP contribution < -0.4 is 0 Å². The molecule has 0 aromatic carbocycles. The summed E-state index contributed by atoms with van der Waals surface area (Å²) < 4.78 is 0. The minimum atomic E-state index is 0. The van der Waals surface area contributed by atoms with Crippen LogP contribution in [0.15, 0.2) is 0 Å². The van der Waals surface area contributed by atoms with E-state index in [2.05, 4.69) is 0 Å². The second-order valence-corrected chi connectivity index (χ2v) is 0. The molecule has 0 aromatic rings. The Morgan fingerprint density at radius 2 is 0.400 bits per heavy atom. The molecule has 0 saturated carbocycles. The Labute approximate surface area is 70.4 Å². The third kappa shape index (κ3) is 26.7. The van der Waals surface area contributed by atoms with Crippen molar-refractivity contribution in [1.82, 2.24) is 0 Å². The molecule has 0 saturated heterocycles. The van der Waals surface area contributed by atoms with Gasteiger partial charge in [-0.2, -0.15) is 0 Å². The smallest absolute Gasteiger partial charge is 2.00 e. The maximum Gasteiger partial charge on any atom is 3.00 e. The zero-order valence-corrected chi connectivity index (χ0v) is 11.4. The first-order valence-corrected chi connectivity index (χ1v) is 0. The molecule has 24 valence electrons. The summed E-state index contributed by atoms with van der Waals surface area (Å²) in [6.45, 7) is 0. The van der Waals surface area contributed by atoms with E-state index in [9.17, 15) is 0 Å². The van der Waals surface area contributed by atoms with Crippen LogP contribution >= 0.6 is 0 Å². The topological polar surface area (TPSA) is 85.5 Å². The first kappa shape index (κ1) is 74.1. The fraction of sp³-hybridized carbons (Fsp3) is 0. The summed E-state index contributed by atoms with van der Waals surface area (Å²) in [5, 5.41) is 0. The summed E-state index contributed by atoms with van der Waals surface area (Å²) in [5.74, 6) is 0. The van der Waals surface area contributed by atoms with Gasteiger partial charge in [0, 0.05) is 0 Å². The Hall–Kier alpha value is 1.72. The average molecular weight is 457 g/mol. The Morgan fingerprint density at radius 1 is 0.400 bits per heavy atom. The van der Waals surface area contributed by atoms with Crippen LogP contribution in [-0.4, -0.2) is 54.6 Å². The van der Waals surface area contributed by atoms with Crippen molar-refractivity contribution in [2.24, 2.45) is 0 Å². The summed E-state index contributed by atoms with van der Waals surface area (Å²) in [4.78, 5) is 0. The van der Waals surface area contributed by atoms with E-state index in [0.717, 1.165) is 0 Å². The maximum absolute atomic E-state index is 0. The molecule has 0 aromatic heterocycles. The third-order valence-electron chi connectivity index (χ3n) is 0. The quantitative estimate of drug-likeness (QED) is 0.414. The first-order valence-electron chi connectivity index (χ1n) is 0. The molecular weight excluding hydrogens is 457 g/mol. The van der Waals surface area contributed by atoms with E-state index >= 15 is 0 Å². The molecule has 0 heterocycles. The van der Waals surface area contributed by atoms with Gasteiger partial charge >= 0.3 is 54.6 Å². The predicted octanol–water partition coefficient (Wildman–Crippen LogP) is -1.12. The van der Waals surface area contributed by atoms with Crippen molar-refractivity contribution in [3.63, 3.8) is 0 Å². The maximum atomic E-state index is 0. The molecule has 0 aliphatic heterocycles. The average Bonchev–Trinajstić information content (AvgIpc) is 0. The molecule has 0 bridgehead atoms. The molecule has 0 aliphatic carbocycles. The molecule has 0 radical (unpaired) electrons. The second kappa shape index (κ2) is 43.0. The van der Waals surface area contributed by atoms with E-state index < -0.39 is 0 Å². The van der Waals surface area contributed by atoms with Gasteiger partial charge in [-0.3, -0.25) is 0 Å². The molecule has 5 heavy (non-hydrogen) atoms. The molecule has 5 heteroatoms. The molecule has 0 rings (SSSR count). The van der Waals surface area contributed by atoms with Gasteiger partial charge in [-0.25, -0.2) is 0 Å². The van der Waals surface area contributed by atoms with E-state index in [-0.39, 0.29) is 71.0 Å². The molecule has 0 spiro atoms. The third-order valence-corrected chi connectivity index (χ3v) is 0. The Morgan fingerprint density at radius 3 is 0.400 bits per heavy atom. The van der Waals surface area contributed by atoms with Crippen LogP contribution in [0, 0.1) is 0 Å². The van der Waals surface area contributed by atoms with Crippen molar-refractivity contribution in [3.05, 3.63) is 0 Å². The second-order valence-electron chi connectivity index (χ2n) is 0. The summed E-state index contributed by atoms with van der Waals surface area (Å²) in [7, 11) is 0. The van der Waals surface area contributed by atoms with Crippen molar-refractivity contribution in [2.45, 2.75) is 0 Å². The minimum Gasteiger partial charge on any atom is -2.00 e. The normalized spacial score (nSPS) is 0. The summed E-state index contributed by atoms with van der Waals surface area (Å²) in [6, 6.07) is 0. The van der Waals surface area contributed by atoms with Crippen LogP contribution in [0.25, 0.3) is 0 Å². The van der Waals surface area contributed by atoms with Crippen LogP contribution in [0.3, 0.4) is 0 Å². The van der Waals surface area contributed by atoms with Gasteiger partial charge in [-0.15, -0.1) is 0 Å². The molecule has 3 nitrogen and oxygen atoms in total. The minimum absolute atomic E-state index is 0. The molecule has 0 atom stereocenters. The molecule has 0 fully saturated rings. The van der Waals surface area contributed by atoms with Crippen molar-refractivity contribution in [1.29, 1.82) is 0 Å². The van der Waals surface area contributed by atoms with E-state index in [1.807, 2.05) is 0 Å². The Bertz CT molecular complexity index is 4.85. The largest absolute Gasteiger partial charge is 3.00 e. The zero-order valence-electron chi connectivity index (χ0n) is 2.38. The number of hydrogen-bond donors (Lipinski definition) is 0. The van der Waals surface area contributed by atoms with Gasteiger partial charge in [-0.05, 0) is 0 Å². The van der Waals surface area contributed by atoms with Crippen LogP contribution in [0.2, 0.25) is 0 Å². The number of hydrogen-bond acceptors (Lipinski definition) is 0. The number of rotatable bonds is 0. The zero-order chi connectivity index (χ0) is 0. The Balaban J connectivity index is 0. The van der Waals surface area contributed by atoms with E-state index in [1.54, 1.807) is 0 Å². The van der Waals surface area contributed by atoms with E-state index in [0.29, 0.717) is 0 Å². The summed E-state index contributed by atoms with van der Waals surface area (Å²) >= 11 is 0. The SMILES string of the molecule is [O-2].[O-2].[O-2].[Tl+3].[Tl+3]. The van der Waals surface area contributed by atoms with Gasteiger partial charge in [0.1, 0.15) is 0 Å². The fourth-order valence-corrected chi connectivity index (χ4v) is 0. The van der Waals surface area contributed by atoms with Gasteiger partial charge in [-0.1, -0.05) is 0 Å². The van der Waals surface area contributed by atoms with Gasteiger partial charge in [0.25, 0.3) is 0 Å². The molecule has 0 N–H and O–H groups in total. The monoisotopic (exact) mass is 458 g/mol. The Kier molecular flexibility index (Phi) is 637. The molecule has 0 unspecified atom stereocenters. The summed E-state index contributed by atoms with van der Waals surface area (Å²) in [6.07, 6.45) is 0. The molecular formula is O3Tl2. The van der Waals surface area contributed by atoms with Gasteiger partial charge in [0.2, 0.25) is 0 Å². The van der Waals surface area contributed by atoms with Crippen LogP contribution in [0.4, 0.5) is 0 Å². The van der Waals surface area contributed by atoms with Crippen LogP contribution in [-0.2, 0) is 16.4 Å². The summed E-state index contributed by atoms with van der Waals surface area (Å²) in [5.41, 5.74) is 0. The first-order chi connectivity index (χ1) is 0. The molecule has 0 aliphatic rings. The van der Waals surface area contributed by atoms with Crippen molar-refractivity contribution in [3.8, 4) is 0 Å². The molecule has 0 amide bonds. The van der Waals surface area contributed by atoms with Gasteiger partial charge in [0.05, 0.1) is 0 Å². The van der Waals surface area contributed by atoms with Gasteiger partial charge < -0.3 is 16.4 Å². The fourth-order valence-electron chi connectivity index (χ4n) is 0. The van der Waals surface area contributed by atoms with Crippen LogP contribution in [0.1, 0.15) is 0 Å². The van der Waals surface area contributed by atoms with E-state index in [4.69, 9.17) is 0 Å². The van der Waals surface area contributed by atoms with Crippen molar-refractivity contribution >= 4 is 54.6 Å². The standard InChI is InChI=1S/3O.2Tl/q3*-2;2*+3. The van der Waals surface area contributed by atoms with Crippen molar-refractivity contribution in [2.75, 3.05) is 0 Å². The van der Waals surface area contributed by atoms with Crippen LogP contribution in [0.5, 0.6) is 0 Å². The predicted molar refractivity (Wildman–Crippen MR) is 13.6 cm³/mol.